The molecule has 0 radical (unpaired) electrons. The average molecular weight is 342 g/mol. The monoisotopic (exact) mass is 342 g/mol. The Morgan fingerprint density at radius 3 is 2.68 bits per heavy atom. The maximum atomic E-state index is 11.9. The van der Waals surface area contributed by atoms with E-state index in [0.29, 0.717) is 0 Å². The first-order valence-corrected chi connectivity index (χ1v) is 9.53. The molecule has 1 fully saturated rings. The van der Waals surface area contributed by atoms with E-state index in [1.165, 1.54) is 0 Å². The molecule has 1 heterocycles. The van der Waals surface area contributed by atoms with Gasteiger partial charge in [-0.15, -0.1) is 0 Å². The van der Waals surface area contributed by atoms with Crippen molar-refractivity contribution in [3.05, 3.63) is 40.3 Å². The molecule has 1 atom stereocenters. The fourth-order valence-electron chi connectivity index (χ4n) is 4.33. The van der Waals surface area contributed by atoms with Crippen LogP contribution in [0.25, 0.3) is 10.8 Å². The maximum absolute atomic E-state index is 11.9. The van der Waals surface area contributed by atoms with Crippen LogP contribution in [0.4, 0.5) is 0 Å². The first kappa shape index (κ1) is 18.0. The minimum Gasteiger partial charge on any atom is -0.490 e. The van der Waals surface area contributed by atoms with Crippen molar-refractivity contribution in [2.24, 2.45) is 11.1 Å². The molecule has 4 heteroatoms. The lowest BCUT2D eigenvalue weighted by Crippen LogP contribution is -2.45. The second-order valence-electron chi connectivity index (χ2n) is 7.56. The van der Waals surface area contributed by atoms with Gasteiger partial charge in [-0.25, -0.2) is 0 Å². The highest BCUT2D eigenvalue weighted by atomic mass is 16.5. The van der Waals surface area contributed by atoms with Crippen molar-refractivity contribution < 1.29 is 4.74 Å². The van der Waals surface area contributed by atoms with Gasteiger partial charge in [-0.05, 0) is 80.0 Å². The Bertz CT molecular complexity index is 788. The Kier molecular flexibility index (Phi) is 5.19. The van der Waals surface area contributed by atoms with Gasteiger partial charge in [-0.2, -0.15) is 0 Å². The first-order chi connectivity index (χ1) is 12.0. The van der Waals surface area contributed by atoms with Gasteiger partial charge in [0, 0.05) is 17.6 Å². The molecule has 136 valence electrons. The van der Waals surface area contributed by atoms with Gasteiger partial charge >= 0.3 is 0 Å². The zero-order valence-corrected chi connectivity index (χ0v) is 15.6. The number of aromatic amines is 1. The van der Waals surface area contributed by atoms with Crippen LogP contribution in [0.3, 0.4) is 0 Å². The topological polar surface area (TPSA) is 68.1 Å². The van der Waals surface area contributed by atoms with Crippen molar-refractivity contribution in [2.45, 2.75) is 71.4 Å². The SMILES string of the molecule is CCC(N)[C@]1(CC)CC[C@H](Oc2cc3cc[nH]c(=O)c3cc2C)CC1. The van der Waals surface area contributed by atoms with Crippen molar-refractivity contribution >= 4 is 10.8 Å². The van der Waals surface area contributed by atoms with Crippen LogP contribution in [-0.4, -0.2) is 17.1 Å². The number of pyridine rings is 1. The highest BCUT2D eigenvalue weighted by Gasteiger charge is 2.38. The second-order valence-corrected chi connectivity index (χ2v) is 7.56. The number of H-pyrrole nitrogens is 1. The molecule has 1 aliphatic carbocycles. The fraction of sp³-hybridized carbons (Fsp3) is 0.571. The van der Waals surface area contributed by atoms with Crippen molar-refractivity contribution in [2.75, 3.05) is 0 Å². The quantitative estimate of drug-likeness (QED) is 0.851. The predicted octanol–water partition coefficient (Wildman–Crippen LogP) is 4.29. The molecular weight excluding hydrogens is 312 g/mol. The Morgan fingerprint density at radius 2 is 2.04 bits per heavy atom. The largest absolute Gasteiger partial charge is 0.490 e. The van der Waals surface area contributed by atoms with E-state index < -0.39 is 0 Å². The molecule has 1 unspecified atom stereocenters. The smallest absolute Gasteiger partial charge is 0.255 e. The summed E-state index contributed by atoms with van der Waals surface area (Å²) in [4.78, 5) is 14.6. The third-order valence-corrected chi connectivity index (χ3v) is 6.22. The molecule has 0 aliphatic heterocycles. The standard InChI is InChI=1S/C21H30N2O2/c1-4-19(22)21(5-2)9-6-16(7-10-21)25-18-13-15-8-11-23-20(24)17(15)12-14(18)3/h8,11-13,16,19H,4-7,9-10,22H2,1-3H3,(H,23,24)/t16-,19?,21+. The van der Waals surface area contributed by atoms with Crippen LogP contribution < -0.4 is 16.0 Å². The highest BCUT2D eigenvalue weighted by Crippen LogP contribution is 2.43. The summed E-state index contributed by atoms with van der Waals surface area (Å²) in [5, 5.41) is 1.64. The summed E-state index contributed by atoms with van der Waals surface area (Å²) in [6.45, 7) is 6.46. The van der Waals surface area contributed by atoms with Gasteiger partial charge in [0.1, 0.15) is 5.75 Å². The Hall–Kier alpha value is -1.81. The number of benzene rings is 1. The molecule has 25 heavy (non-hydrogen) atoms. The summed E-state index contributed by atoms with van der Waals surface area (Å²) in [5.41, 5.74) is 7.66. The van der Waals surface area contributed by atoms with Crippen molar-refractivity contribution in [1.82, 2.24) is 4.98 Å². The van der Waals surface area contributed by atoms with Gasteiger partial charge < -0.3 is 15.5 Å². The number of ether oxygens (including phenoxy) is 1. The summed E-state index contributed by atoms with van der Waals surface area (Å²) in [6.07, 6.45) is 8.48. The third-order valence-electron chi connectivity index (χ3n) is 6.22. The second kappa shape index (κ2) is 7.20. The number of aryl methyl sites for hydroxylation is 1. The van der Waals surface area contributed by atoms with Crippen LogP contribution >= 0.6 is 0 Å². The maximum Gasteiger partial charge on any atom is 0.255 e. The van der Waals surface area contributed by atoms with Gasteiger partial charge in [0.15, 0.2) is 0 Å². The number of fused-ring (bicyclic) bond motifs is 1. The van der Waals surface area contributed by atoms with Crippen molar-refractivity contribution in [1.29, 1.82) is 0 Å². The molecule has 0 amide bonds. The number of hydrogen-bond donors (Lipinski definition) is 2. The minimum atomic E-state index is -0.0499. The average Bonchev–Trinajstić information content (AvgIpc) is 2.63. The summed E-state index contributed by atoms with van der Waals surface area (Å²) in [5.74, 6) is 0.895. The number of nitrogens with two attached hydrogens (primary N) is 1. The fourth-order valence-corrected chi connectivity index (χ4v) is 4.33. The van der Waals surface area contributed by atoms with E-state index in [1.54, 1.807) is 6.20 Å². The summed E-state index contributed by atoms with van der Waals surface area (Å²) >= 11 is 0. The lowest BCUT2D eigenvalue weighted by Gasteiger charge is -2.43. The number of aromatic nitrogens is 1. The predicted molar refractivity (Wildman–Crippen MR) is 103 cm³/mol. The molecule has 3 N–H and O–H groups in total. The van der Waals surface area contributed by atoms with Crippen LogP contribution in [0.2, 0.25) is 0 Å². The highest BCUT2D eigenvalue weighted by molar-refractivity contribution is 5.83. The normalized spacial score (nSPS) is 25.0. The zero-order chi connectivity index (χ0) is 18.0. The van der Waals surface area contributed by atoms with Crippen LogP contribution in [0.5, 0.6) is 5.75 Å². The van der Waals surface area contributed by atoms with Crippen LogP contribution in [0.1, 0.15) is 57.9 Å². The van der Waals surface area contributed by atoms with E-state index >= 15 is 0 Å². The molecule has 1 aromatic heterocycles. The molecule has 0 spiro atoms. The molecule has 1 saturated carbocycles. The molecule has 0 bridgehead atoms. The molecule has 4 nitrogen and oxygen atoms in total. The Labute approximate surface area is 149 Å². The molecule has 3 rings (SSSR count). The summed E-state index contributed by atoms with van der Waals surface area (Å²) in [6, 6.07) is 6.13. The van der Waals surface area contributed by atoms with Gasteiger partial charge in [0.05, 0.1) is 6.10 Å². The van der Waals surface area contributed by atoms with E-state index in [9.17, 15) is 4.79 Å². The zero-order valence-electron chi connectivity index (χ0n) is 15.6. The lowest BCUT2D eigenvalue weighted by atomic mass is 9.66. The minimum absolute atomic E-state index is 0.0499. The molecule has 2 aromatic rings. The number of hydrogen-bond acceptors (Lipinski definition) is 3. The van der Waals surface area contributed by atoms with Gasteiger partial charge in [-0.3, -0.25) is 4.79 Å². The summed E-state index contributed by atoms with van der Waals surface area (Å²) < 4.78 is 6.33. The van der Waals surface area contributed by atoms with E-state index in [-0.39, 0.29) is 23.1 Å². The van der Waals surface area contributed by atoms with Gasteiger partial charge in [0.25, 0.3) is 5.56 Å². The van der Waals surface area contributed by atoms with Crippen molar-refractivity contribution in [3.8, 4) is 5.75 Å². The molecule has 0 saturated heterocycles. The lowest BCUT2D eigenvalue weighted by molar-refractivity contribution is 0.0565. The first-order valence-electron chi connectivity index (χ1n) is 9.53. The van der Waals surface area contributed by atoms with E-state index in [1.807, 2.05) is 25.1 Å². The summed E-state index contributed by atoms with van der Waals surface area (Å²) in [7, 11) is 0. The van der Waals surface area contributed by atoms with Crippen LogP contribution in [0, 0.1) is 12.3 Å². The molecular formula is C21H30N2O2. The van der Waals surface area contributed by atoms with E-state index in [4.69, 9.17) is 10.5 Å². The van der Waals surface area contributed by atoms with Crippen LogP contribution in [-0.2, 0) is 0 Å². The Balaban J connectivity index is 1.75. The Morgan fingerprint density at radius 1 is 1.32 bits per heavy atom. The van der Waals surface area contributed by atoms with Gasteiger partial charge in [-0.1, -0.05) is 13.8 Å². The molecule has 1 aliphatic rings. The number of nitrogens with one attached hydrogen (secondary N) is 1. The van der Waals surface area contributed by atoms with E-state index in [0.717, 1.165) is 60.6 Å². The van der Waals surface area contributed by atoms with Gasteiger partial charge in [0.2, 0.25) is 0 Å². The van der Waals surface area contributed by atoms with Crippen LogP contribution in [0.15, 0.2) is 29.2 Å². The molecule has 1 aromatic carbocycles. The van der Waals surface area contributed by atoms with Crippen molar-refractivity contribution in [3.63, 3.8) is 0 Å². The third kappa shape index (κ3) is 3.45. The van der Waals surface area contributed by atoms with E-state index in [2.05, 4.69) is 18.8 Å². The number of rotatable bonds is 5.